The average Bonchev–Trinajstić information content (AvgIpc) is 3.37. The Morgan fingerprint density at radius 3 is 2.33 bits per heavy atom. The lowest BCUT2D eigenvalue weighted by atomic mass is 10.0. The van der Waals surface area contributed by atoms with Gasteiger partial charge in [-0.1, -0.05) is 90.5 Å². The van der Waals surface area contributed by atoms with Crippen LogP contribution in [-0.2, 0) is 17.9 Å². The number of benzene rings is 4. The number of thioether (sulfide) groups is 1. The molecule has 0 aliphatic carbocycles. The van der Waals surface area contributed by atoms with Crippen LogP contribution in [0.1, 0.15) is 22.3 Å². The highest BCUT2D eigenvalue weighted by molar-refractivity contribution is 8.18. The molecule has 5 aromatic rings. The van der Waals surface area contributed by atoms with Gasteiger partial charge in [-0.3, -0.25) is 14.5 Å². The van der Waals surface area contributed by atoms with Crippen LogP contribution >= 0.6 is 11.8 Å². The quantitative estimate of drug-likeness (QED) is 0.242. The molecule has 1 aliphatic heterocycles. The first-order valence-electron chi connectivity index (χ1n) is 11.9. The van der Waals surface area contributed by atoms with Crippen LogP contribution in [0.25, 0.3) is 27.8 Å². The lowest BCUT2D eigenvalue weighted by Gasteiger charge is -2.14. The number of hydrogen-bond acceptors (Lipinski definition) is 3. The van der Waals surface area contributed by atoms with Crippen LogP contribution in [0.5, 0.6) is 0 Å². The van der Waals surface area contributed by atoms with Gasteiger partial charge in [-0.15, -0.1) is 0 Å². The minimum atomic E-state index is -0.242. The van der Waals surface area contributed by atoms with Crippen LogP contribution in [0.4, 0.5) is 4.79 Å². The number of carbonyl (C=O) groups is 2. The van der Waals surface area contributed by atoms with Crippen LogP contribution in [0.3, 0.4) is 0 Å². The number of nitrogens with zero attached hydrogens (tertiary/aromatic N) is 2. The van der Waals surface area contributed by atoms with Gasteiger partial charge in [0.15, 0.2) is 0 Å². The van der Waals surface area contributed by atoms with Gasteiger partial charge in [-0.2, -0.15) is 0 Å². The third-order valence-corrected chi connectivity index (χ3v) is 7.57. The number of amides is 2. The summed E-state index contributed by atoms with van der Waals surface area (Å²) in [4.78, 5) is 28.0. The molecule has 1 saturated heterocycles. The molecule has 0 saturated carbocycles. The summed E-state index contributed by atoms with van der Waals surface area (Å²) in [6, 6.07) is 30.7. The molecule has 4 nitrogen and oxygen atoms in total. The Balaban J connectivity index is 1.32. The molecule has 6 rings (SSSR count). The summed E-state index contributed by atoms with van der Waals surface area (Å²) in [5.41, 5.74) is 5.44. The van der Waals surface area contributed by atoms with Crippen molar-refractivity contribution in [3.8, 4) is 0 Å². The first-order chi connectivity index (χ1) is 17.6. The lowest BCUT2D eigenvalue weighted by molar-refractivity contribution is -0.123. The maximum Gasteiger partial charge on any atom is 0.293 e. The third kappa shape index (κ3) is 4.12. The predicted octanol–water partition coefficient (Wildman–Crippen LogP) is 7.39. The van der Waals surface area contributed by atoms with E-state index in [1.54, 1.807) is 0 Å². The zero-order valence-corrected chi connectivity index (χ0v) is 20.7. The number of hydrogen-bond donors (Lipinski definition) is 0. The normalized spacial score (nSPS) is 15.0. The first kappa shape index (κ1) is 22.4. The van der Waals surface area contributed by atoms with Gasteiger partial charge in [-0.25, -0.2) is 0 Å². The van der Waals surface area contributed by atoms with Crippen molar-refractivity contribution in [1.29, 1.82) is 0 Å². The summed E-state index contributed by atoms with van der Waals surface area (Å²) in [5, 5.41) is 2.98. The molecule has 5 heteroatoms. The highest BCUT2D eigenvalue weighted by Crippen LogP contribution is 2.36. The molecule has 2 heterocycles. The van der Waals surface area contributed by atoms with Crippen molar-refractivity contribution >= 4 is 50.7 Å². The monoisotopic (exact) mass is 488 g/mol. The van der Waals surface area contributed by atoms with Crippen molar-refractivity contribution < 1.29 is 9.59 Å². The molecule has 0 radical (unpaired) electrons. The smallest absolute Gasteiger partial charge is 0.293 e. The molecule has 36 heavy (non-hydrogen) atoms. The standard InChI is InChI=1S/C31H24N2O2S/c1-21-13-15-22(16-14-21)18-32-19-25(27-11-4-5-12-28(27)32)17-29-30(34)33(31(35)36-29)20-24-9-6-8-23-7-2-3-10-26(23)24/h2-17,19H,18,20H2,1H3/b29-17+. The maximum absolute atomic E-state index is 13.3. The van der Waals surface area contributed by atoms with Gasteiger partial charge in [0, 0.05) is 29.2 Å². The van der Waals surface area contributed by atoms with Gasteiger partial charge >= 0.3 is 0 Å². The van der Waals surface area contributed by atoms with Gasteiger partial charge in [0.05, 0.1) is 11.4 Å². The second kappa shape index (κ2) is 9.17. The molecule has 2 amide bonds. The van der Waals surface area contributed by atoms with Crippen LogP contribution in [0.15, 0.2) is 102 Å². The molecule has 0 atom stereocenters. The van der Waals surface area contributed by atoms with Gasteiger partial charge in [0.2, 0.25) is 0 Å². The minimum Gasteiger partial charge on any atom is -0.342 e. The van der Waals surface area contributed by atoms with Crippen LogP contribution < -0.4 is 0 Å². The fourth-order valence-electron chi connectivity index (χ4n) is 4.79. The molecule has 0 unspecified atom stereocenters. The number of carbonyl (C=O) groups excluding carboxylic acids is 2. The predicted molar refractivity (Wildman–Crippen MR) is 148 cm³/mol. The molecule has 1 fully saturated rings. The topological polar surface area (TPSA) is 42.3 Å². The highest BCUT2D eigenvalue weighted by atomic mass is 32.2. The summed E-state index contributed by atoms with van der Waals surface area (Å²) >= 11 is 1.01. The van der Waals surface area contributed by atoms with E-state index in [-0.39, 0.29) is 17.7 Å². The van der Waals surface area contributed by atoms with Crippen LogP contribution in [-0.4, -0.2) is 20.6 Å². The zero-order chi connectivity index (χ0) is 24.6. The summed E-state index contributed by atoms with van der Waals surface area (Å²) in [6.45, 7) is 3.08. The number of aryl methyl sites for hydroxylation is 1. The molecule has 1 aromatic heterocycles. The third-order valence-electron chi connectivity index (χ3n) is 6.66. The van der Waals surface area contributed by atoms with E-state index in [4.69, 9.17) is 0 Å². The van der Waals surface area contributed by atoms with Gasteiger partial charge in [0.1, 0.15) is 0 Å². The fourth-order valence-corrected chi connectivity index (χ4v) is 5.62. The van der Waals surface area contributed by atoms with E-state index in [0.717, 1.165) is 51.1 Å². The van der Waals surface area contributed by atoms with Crippen LogP contribution in [0.2, 0.25) is 0 Å². The molecule has 1 aliphatic rings. The van der Waals surface area contributed by atoms with Crippen molar-refractivity contribution in [3.63, 3.8) is 0 Å². The van der Waals surface area contributed by atoms with Crippen LogP contribution in [0, 0.1) is 6.92 Å². The van der Waals surface area contributed by atoms with Crippen molar-refractivity contribution in [2.45, 2.75) is 20.0 Å². The number of para-hydroxylation sites is 1. The number of imide groups is 1. The van der Waals surface area contributed by atoms with Crippen molar-refractivity contribution in [2.24, 2.45) is 0 Å². The van der Waals surface area contributed by atoms with Gasteiger partial charge in [-0.05, 0) is 52.7 Å². The SMILES string of the molecule is Cc1ccc(Cn2cc(/C=C3/SC(=O)N(Cc4cccc5ccccc45)C3=O)c3ccccc32)cc1. The van der Waals surface area contributed by atoms with Crippen molar-refractivity contribution in [3.05, 3.63) is 124 Å². The van der Waals surface area contributed by atoms with Crippen molar-refractivity contribution in [2.75, 3.05) is 0 Å². The first-order valence-corrected chi connectivity index (χ1v) is 12.7. The van der Waals surface area contributed by atoms with E-state index in [1.807, 2.05) is 60.7 Å². The van der Waals surface area contributed by atoms with Gasteiger partial charge in [0.25, 0.3) is 11.1 Å². The van der Waals surface area contributed by atoms with E-state index >= 15 is 0 Å². The molecule has 0 bridgehead atoms. The molecule has 176 valence electrons. The van der Waals surface area contributed by atoms with Crippen molar-refractivity contribution in [1.82, 2.24) is 9.47 Å². The lowest BCUT2D eigenvalue weighted by Crippen LogP contribution is -2.27. The summed E-state index contributed by atoms with van der Waals surface area (Å²) in [7, 11) is 0. The highest BCUT2D eigenvalue weighted by Gasteiger charge is 2.35. The minimum absolute atomic E-state index is 0.234. The fraction of sp³-hybridized carbons (Fsp3) is 0.0968. The van der Waals surface area contributed by atoms with Gasteiger partial charge < -0.3 is 4.57 Å². The summed E-state index contributed by atoms with van der Waals surface area (Å²) in [6.07, 6.45) is 3.94. The molecular formula is C31H24N2O2S. The Bertz CT molecular complexity index is 1660. The van der Waals surface area contributed by atoms with E-state index < -0.39 is 0 Å². The Morgan fingerprint density at radius 1 is 0.778 bits per heavy atom. The molecular weight excluding hydrogens is 464 g/mol. The zero-order valence-electron chi connectivity index (χ0n) is 19.8. The average molecular weight is 489 g/mol. The van der Waals surface area contributed by atoms with E-state index in [2.05, 4.69) is 54.1 Å². The Hall–Kier alpha value is -4.09. The Labute approximate surface area is 213 Å². The molecule has 4 aromatic carbocycles. The summed E-state index contributed by atoms with van der Waals surface area (Å²) < 4.78 is 2.20. The van der Waals surface area contributed by atoms with E-state index in [9.17, 15) is 9.59 Å². The Morgan fingerprint density at radius 2 is 1.50 bits per heavy atom. The second-order valence-corrected chi connectivity index (χ2v) is 10.1. The number of fused-ring (bicyclic) bond motifs is 2. The van der Waals surface area contributed by atoms with E-state index in [0.29, 0.717) is 4.91 Å². The number of rotatable bonds is 5. The largest absolute Gasteiger partial charge is 0.342 e. The maximum atomic E-state index is 13.3. The Kier molecular flexibility index (Phi) is 5.70. The molecule has 0 N–H and O–H groups in total. The number of aromatic nitrogens is 1. The molecule has 0 spiro atoms. The second-order valence-electron chi connectivity index (χ2n) is 9.12. The summed E-state index contributed by atoms with van der Waals surface area (Å²) in [5.74, 6) is -0.242. The van der Waals surface area contributed by atoms with E-state index in [1.165, 1.54) is 16.0 Å².